The molecule has 3 nitrogen and oxygen atoms in total. The molecule has 1 aromatic rings. The number of hydrogen-bond acceptors (Lipinski definition) is 2. The van der Waals surface area contributed by atoms with Gasteiger partial charge in [-0.05, 0) is 43.4 Å². The third-order valence-corrected chi connectivity index (χ3v) is 4.51. The molecule has 0 amide bonds. The topological polar surface area (TPSA) is 53.1 Å². The molecule has 104 valence electrons. The Morgan fingerprint density at radius 3 is 2.89 bits per heavy atom. The van der Waals surface area contributed by atoms with E-state index in [9.17, 15) is 0 Å². The van der Waals surface area contributed by atoms with Crippen molar-refractivity contribution in [2.75, 3.05) is 18.0 Å². The highest BCUT2D eigenvalue weighted by Crippen LogP contribution is 2.28. The molecule has 1 fully saturated rings. The predicted molar refractivity (Wildman–Crippen MR) is 85.0 cm³/mol. The average molecular weight is 324 g/mol. The van der Waals surface area contributed by atoms with Gasteiger partial charge in [-0.2, -0.15) is 0 Å². The number of anilines is 1. The molecule has 1 aliphatic heterocycles. The fourth-order valence-electron chi connectivity index (χ4n) is 2.81. The Labute approximate surface area is 123 Å². The Hall–Kier alpha value is -1.03. The molecule has 1 aromatic carbocycles. The van der Waals surface area contributed by atoms with E-state index in [2.05, 4.69) is 33.8 Å². The summed E-state index contributed by atoms with van der Waals surface area (Å²) in [6.45, 7) is 4.42. The van der Waals surface area contributed by atoms with E-state index in [-0.39, 0.29) is 5.84 Å². The van der Waals surface area contributed by atoms with Crippen LogP contribution in [0.4, 0.5) is 5.69 Å². The maximum Gasteiger partial charge on any atom is 0.124 e. The molecule has 0 saturated carbocycles. The Bertz CT molecular complexity index is 459. The molecule has 1 heterocycles. The summed E-state index contributed by atoms with van der Waals surface area (Å²) in [4.78, 5) is 2.39. The van der Waals surface area contributed by atoms with Crippen molar-refractivity contribution in [3.05, 3.63) is 28.2 Å². The summed E-state index contributed by atoms with van der Waals surface area (Å²) in [7, 11) is 0. The summed E-state index contributed by atoms with van der Waals surface area (Å²) in [5, 5.41) is 7.75. The van der Waals surface area contributed by atoms with E-state index in [0.29, 0.717) is 0 Å². The number of rotatable bonds is 3. The zero-order valence-corrected chi connectivity index (χ0v) is 13.0. The van der Waals surface area contributed by atoms with Crippen LogP contribution in [0.5, 0.6) is 0 Å². The number of nitrogens with one attached hydrogen (secondary N) is 1. The molecule has 4 heteroatoms. The lowest BCUT2D eigenvalue weighted by molar-refractivity contribution is 0.459. The summed E-state index contributed by atoms with van der Waals surface area (Å²) in [6.07, 6.45) is 5.06. The molecule has 0 bridgehead atoms. The average Bonchev–Trinajstić information content (AvgIpc) is 2.63. The van der Waals surface area contributed by atoms with Gasteiger partial charge in [-0.1, -0.05) is 29.3 Å². The highest BCUT2D eigenvalue weighted by molar-refractivity contribution is 9.10. The molecule has 1 aliphatic rings. The van der Waals surface area contributed by atoms with Gasteiger partial charge in [0, 0.05) is 28.8 Å². The van der Waals surface area contributed by atoms with Gasteiger partial charge in [0.2, 0.25) is 0 Å². The third kappa shape index (κ3) is 3.50. The zero-order valence-electron chi connectivity index (χ0n) is 11.5. The number of nitrogens with zero attached hydrogens (tertiary/aromatic N) is 1. The van der Waals surface area contributed by atoms with Crippen molar-refractivity contribution in [2.24, 2.45) is 11.7 Å². The SMILES string of the molecule is CCC1CCCN(c2ccc(Br)cc2C(=N)N)CC1. The first kappa shape index (κ1) is 14.4. The minimum Gasteiger partial charge on any atom is -0.384 e. The van der Waals surface area contributed by atoms with Crippen LogP contribution >= 0.6 is 15.9 Å². The van der Waals surface area contributed by atoms with E-state index in [4.69, 9.17) is 11.1 Å². The number of nitrogens with two attached hydrogens (primary N) is 1. The number of amidine groups is 1. The van der Waals surface area contributed by atoms with Crippen molar-refractivity contribution < 1.29 is 0 Å². The minimum absolute atomic E-state index is 0.146. The van der Waals surface area contributed by atoms with Crippen LogP contribution in [0.15, 0.2) is 22.7 Å². The van der Waals surface area contributed by atoms with Crippen LogP contribution in [-0.4, -0.2) is 18.9 Å². The van der Waals surface area contributed by atoms with Crippen LogP contribution in [0.3, 0.4) is 0 Å². The van der Waals surface area contributed by atoms with Crippen molar-refractivity contribution in [3.8, 4) is 0 Å². The summed E-state index contributed by atoms with van der Waals surface area (Å²) in [5.74, 6) is 0.994. The number of benzene rings is 1. The molecule has 3 N–H and O–H groups in total. The Morgan fingerprint density at radius 2 is 2.21 bits per heavy atom. The van der Waals surface area contributed by atoms with Gasteiger partial charge in [-0.25, -0.2) is 0 Å². The molecule has 1 saturated heterocycles. The number of nitrogen functional groups attached to an aromatic ring is 1. The van der Waals surface area contributed by atoms with Gasteiger partial charge in [0.15, 0.2) is 0 Å². The summed E-state index contributed by atoms with van der Waals surface area (Å²) in [5.41, 5.74) is 7.66. The zero-order chi connectivity index (χ0) is 13.8. The second kappa shape index (κ2) is 6.42. The molecule has 1 atom stereocenters. The Morgan fingerprint density at radius 1 is 1.42 bits per heavy atom. The fourth-order valence-corrected chi connectivity index (χ4v) is 3.18. The number of hydrogen-bond donors (Lipinski definition) is 2. The largest absolute Gasteiger partial charge is 0.384 e. The standard InChI is InChI=1S/C15H22BrN3/c1-2-11-4-3-8-19(9-7-11)14-6-5-12(16)10-13(14)15(17)18/h5-6,10-11H,2-4,7-9H2,1H3,(H3,17,18). The van der Waals surface area contributed by atoms with Gasteiger partial charge < -0.3 is 10.6 Å². The highest BCUT2D eigenvalue weighted by atomic mass is 79.9. The summed E-state index contributed by atoms with van der Waals surface area (Å²) >= 11 is 3.45. The summed E-state index contributed by atoms with van der Waals surface area (Å²) < 4.78 is 0.975. The van der Waals surface area contributed by atoms with E-state index < -0.39 is 0 Å². The molecule has 0 aliphatic carbocycles. The maximum atomic E-state index is 7.75. The summed E-state index contributed by atoms with van der Waals surface area (Å²) in [6, 6.07) is 6.05. The third-order valence-electron chi connectivity index (χ3n) is 4.01. The minimum atomic E-state index is 0.146. The van der Waals surface area contributed by atoms with E-state index in [1.807, 2.05) is 12.1 Å². The molecule has 0 radical (unpaired) electrons. The van der Waals surface area contributed by atoms with Gasteiger partial charge in [0.05, 0.1) is 0 Å². The first-order valence-electron chi connectivity index (χ1n) is 7.00. The van der Waals surface area contributed by atoms with E-state index in [0.717, 1.165) is 34.7 Å². The molecule has 2 rings (SSSR count). The first-order valence-corrected chi connectivity index (χ1v) is 7.80. The Kier molecular flexibility index (Phi) is 4.86. The molecule has 19 heavy (non-hydrogen) atoms. The quantitative estimate of drug-likeness (QED) is 0.657. The monoisotopic (exact) mass is 323 g/mol. The molecule has 1 unspecified atom stereocenters. The van der Waals surface area contributed by atoms with Crippen LogP contribution in [-0.2, 0) is 0 Å². The second-order valence-corrected chi connectivity index (χ2v) is 6.18. The van der Waals surface area contributed by atoms with E-state index >= 15 is 0 Å². The van der Waals surface area contributed by atoms with Gasteiger partial charge in [-0.15, -0.1) is 0 Å². The van der Waals surface area contributed by atoms with Gasteiger partial charge in [0.25, 0.3) is 0 Å². The lowest BCUT2D eigenvalue weighted by Crippen LogP contribution is -2.27. The van der Waals surface area contributed by atoms with Crippen LogP contribution < -0.4 is 10.6 Å². The molecular weight excluding hydrogens is 302 g/mol. The van der Waals surface area contributed by atoms with Crippen molar-refractivity contribution >= 4 is 27.5 Å². The molecular formula is C15H22BrN3. The van der Waals surface area contributed by atoms with E-state index in [1.165, 1.54) is 25.7 Å². The van der Waals surface area contributed by atoms with Crippen LogP contribution in [0.1, 0.15) is 38.2 Å². The van der Waals surface area contributed by atoms with Crippen molar-refractivity contribution in [1.29, 1.82) is 5.41 Å². The predicted octanol–water partition coefficient (Wildman–Crippen LogP) is 3.75. The lowest BCUT2D eigenvalue weighted by Gasteiger charge is -2.25. The van der Waals surface area contributed by atoms with Crippen molar-refractivity contribution in [3.63, 3.8) is 0 Å². The Balaban J connectivity index is 2.23. The van der Waals surface area contributed by atoms with Gasteiger partial charge in [-0.3, -0.25) is 5.41 Å². The lowest BCUT2D eigenvalue weighted by atomic mass is 9.98. The van der Waals surface area contributed by atoms with Crippen LogP contribution in [0.2, 0.25) is 0 Å². The van der Waals surface area contributed by atoms with Gasteiger partial charge in [0.1, 0.15) is 5.84 Å². The maximum absolute atomic E-state index is 7.75. The molecule has 0 spiro atoms. The molecule has 0 aromatic heterocycles. The smallest absolute Gasteiger partial charge is 0.124 e. The highest BCUT2D eigenvalue weighted by Gasteiger charge is 2.18. The van der Waals surface area contributed by atoms with Gasteiger partial charge >= 0.3 is 0 Å². The fraction of sp³-hybridized carbons (Fsp3) is 0.533. The van der Waals surface area contributed by atoms with Crippen LogP contribution in [0.25, 0.3) is 0 Å². The first-order chi connectivity index (χ1) is 9.11. The normalized spacial score (nSPS) is 20.1. The van der Waals surface area contributed by atoms with Crippen molar-refractivity contribution in [2.45, 2.75) is 32.6 Å². The number of halogens is 1. The second-order valence-electron chi connectivity index (χ2n) is 5.27. The van der Waals surface area contributed by atoms with E-state index in [1.54, 1.807) is 0 Å². The van der Waals surface area contributed by atoms with Crippen molar-refractivity contribution in [1.82, 2.24) is 0 Å². The van der Waals surface area contributed by atoms with Crippen LogP contribution in [0, 0.1) is 11.3 Å².